The highest BCUT2D eigenvalue weighted by atomic mass is 32.1. The van der Waals surface area contributed by atoms with Crippen LogP contribution in [0.4, 0.5) is 4.79 Å². The summed E-state index contributed by atoms with van der Waals surface area (Å²) in [6.45, 7) is 6.51. The second-order valence-corrected chi connectivity index (χ2v) is 8.57. The van der Waals surface area contributed by atoms with E-state index in [2.05, 4.69) is 16.0 Å². The minimum atomic E-state index is -0.906. The van der Waals surface area contributed by atoms with Crippen molar-refractivity contribution in [3.8, 4) is 0 Å². The molecular formula is C20H30N4O4S. The Morgan fingerprint density at radius 3 is 2.55 bits per heavy atom. The van der Waals surface area contributed by atoms with Crippen LogP contribution in [0.3, 0.4) is 0 Å². The van der Waals surface area contributed by atoms with Gasteiger partial charge in [-0.15, -0.1) is 11.3 Å². The number of nitrogens with zero attached hydrogens (tertiary/aromatic N) is 1. The summed E-state index contributed by atoms with van der Waals surface area (Å²) in [5.41, 5.74) is 0.0140. The van der Waals surface area contributed by atoms with Gasteiger partial charge in [-0.3, -0.25) is 9.59 Å². The van der Waals surface area contributed by atoms with Crippen LogP contribution < -0.4 is 16.0 Å². The maximum Gasteiger partial charge on any atom is 0.409 e. The quantitative estimate of drug-likeness (QED) is 0.670. The minimum Gasteiger partial charge on any atom is -0.450 e. The van der Waals surface area contributed by atoms with Crippen LogP contribution in [0, 0.1) is 6.92 Å². The largest absolute Gasteiger partial charge is 0.450 e. The lowest BCUT2D eigenvalue weighted by Crippen LogP contribution is -2.64. The van der Waals surface area contributed by atoms with E-state index in [0.29, 0.717) is 63.3 Å². The predicted molar refractivity (Wildman–Crippen MR) is 111 cm³/mol. The van der Waals surface area contributed by atoms with Gasteiger partial charge in [-0.25, -0.2) is 4.79 Å². The van der Waals surface area contributed by atoms with E-state index >= 15 is 0 Å². The molecule has 9 heteroatoms. The molecule has 0 bridgehead atoms. The lowest BCUT2D eigenvalue weighted by Gasteiger charge is -2.39. The molecule has 0 aliphatic carbocycles. The highest BCUT2D eigenvalue weighted by Crippen LogP contribution is 2.23. The number of likely N-dealkylation sites (tertiary alicyclic amines) is 1. The average Bonchev–Trinajstić information content (AvgIpc) is 3.15. The predicted octanol–water partition coefficient (Wildman–Crippen LogP) is 1.65. The molecule has 0 saturated carbocycles. The van der Waals surface area contributed by atoms with E-state index in [1.165, 1.54) is 11.3 Å². The molecule has 160 valence electrons. The second kappa shape index (κ2) is 9.58. The Kier molecular flexibility index (Phi) is 7.13. The number of ether oxygens (including phenoxy) is 1. The molecular weight excluding hydrogens is 392 g/mol. The van der Waals surface area contributed by atoms with Crippen LogP contribution in [0.25, 0.3) is 0 Å². The molecule has 2 fully saturated rings. The van der Waals surface area contributed by atoms with Crippen molar-refractivity contribution in [3.63, 3.8) is 0 Å². The van der Waals surface area contributed by atoms with Crippen molar-refractivity contribution in [2.24, 2.45) is 0 Å². The van der Waals surface area contributed by atoms with Crippen LogP contribution in [0.5, 0.6) is 0 Å². The molecule has 3 amide bonds. The molecule has 0 unspecified atom stereocenters. The molecule has 3 N–H and O–H groups in total. The summed E-state index contributed by atoms with van der Waals surface area (Å²) in [6, 6.07) is 1.90. The third kappa shape index (κ3) is 5.08. The zero-order valence-corrected chi connectivity index (χ0v) is 17.9. The van der Waals surface area contributed by atoms with Crippen LogP contribution in [0.2, 0.25) is 0 Å². The van der Waals surface area contributed by atoms with E-state index in [9.17, 15) is 14.4 Å². The zero-order chi connectivity index (χ0) is 20.9. The summed E-state index contributed by atoms with van der Waals surface area (Å²) < 4.78 is 5.04. The number of carbonyl (C=O) groups is 3. The first kappa shape index (κ1) is 21.6. The Labute approximate surface area is 175 Å². The number of hydrogen-bond donors (Lipinski definition) is 3. The normalized spacial score (nSPS) is 19.4. The maximum absolute atomic E-state index is 13.2. The van der Waals surface area contributed by atoms with Crippen LogP contribution in [-0.2, 0) is 9.53 Å². The lowest BCUT2D eigenvalue weighted by molar-refractivity contribution is -0.129. The van der Waals surface area contributed by atoms with Crippen molar-refractivity contribution in [3.05, 3.63) is 21.9 Å². The van der Waals surface area contributed by atoms with Crippen LogP contribution in [0.15, 0.2) is 11.4 Å². The van der Waals surface area contributed by atoms with E-state index in [0.717, 1.165) is 5.56 Å². The molecule has 1 aromatic heterocycles. The number of aryl methyl sites for hydroxylation is 1. The van der Waals surface area contributed by atoms with Gasteiger partial charge in [0.05, 0.1) is 11.5 Å². The summed E-state index contributed by atoms with van der Waals surface area (Å²) in [6.07, 6.45) is 2.16. The minimum absolute atomic E-state index is 0.0136. The number of hydrogen-bond acceptors (Lipinski definition) is 6. The van der Waals surface area contributed by atoms with E-state index in [1.807, 2.05) is 18.4 Å². The molecule has 3 rings (SSSR count). The smallest absolute Gasteiger partial charge is 0.409 e. The Morgan fingerprint density at radius 1 is 1.28 bits per heavy atom. The summed E-state index contributed by atoms with van der Waals surface area (Å²) in [5, 5.41) is 11.3. The van der Waals surface area contributed by atoms with Crippen molar-refractivity contribution in [1.29, 1.82) is 0 Å². The Balaban J connectivity index is 1.62. The van der Waals surface area contributed by atoms with Crippen LogP contribution in [-0.4, -0.2) is 67.2 Å². The fourth-order valence-electron chi connectivity index (χ4n) is 3.89. The van der Waals surface area contributed by atoms with Gasteiger partial charge < -0.3 is 25.6 Å². The topological polar surface area (TPSA) is 99.8 Å². The summed E-state index contributed by atoms with van der Waals surface area (Å²) >= 11 is 1.39. The third-order valence-corrected chi connectivity index (χ3v) is 6.68. The number of thiophene rings is 1. The van der Waals surface area contributed by atoms with Crippen molar-refractivity contribution in [2.75, 3.05) is 32.8 Å². The van der Waals surface area contributed by atoms with Crippen molar-refractivity contribution < 1.29 is 19.1 Å². The van der Waals surface area contributed by atoms with Gasteiger partial charge in [0, 0.05) is 19.1 Å². The average molecular weight is 423 g/mol. The van der Waals surface area contributed by atoms with Gasteiger partial charge in [-0.2, -0.15) is 0 Å². The molecule has 8 nitrogen and oxygen atoms in total. The number of rotatable bonds is 5. The van der Waals surface area contributed by atoms with Gasteiger partial charge in [-0.05, 0) is 69.6 Å². The molecule has 2 aliphatic rings. The Morgan fingerprint density at radius 2 is 1.97 bits per heavy atom. The molecule has 3 heterocycles. The zero-order valence-electron chi connectivity index (χ0n) is 17.1. The standard InChI is InChI=1S/C20H30N4O4S/c1-3-28-19(27)24-11-4-15(5-12-24)22-18(26)20(7-9-21-10-8-20)23-17(25)16-14(2)6-13-29-16/h6,13,15,21H,3-5,7-12H2,1-2H3,(H,22,26)(H,23,25). The molecule has 2 aliphatic heterocycles. The van der Waals surface area contributed by atoms with Crippen LogP contribution in [0.1, 0.15) is 47.8 Å². The number of amides is 3. The lowest BCUT2D eigenvalue weighted by atomic mass is 9.86. The van der Waals surface area contributed by atoms with E-state index in [1.54, 1.807) is 11.8 Å². The molecule has 1 aromatic rings. The van der Waals surface area contributed by atoms with Gasteiger partial charge in [0.1, 0.15) is 5.54 Å². The highest BCUT2D eigenvalue weighted by Gasteiger charge is 2.42. The molecule has 29 heavy (non-hydrogen) atoms. The van der Waals surface area contributed by atoms with Gasteiger partial charge >= 0.3 is 6.09 Å². The SMILES string of the molecule is CCOC(=O)N1CCC(NC(=O)C2(NC(=O)c3sccc3C)CCNCC2)CC1. The van der Waals surface area contributed by atoms with Gasteiger partial charge in [0.25, 0.3) is 5.91 Å². The number of piperidine rings is 2. The number of nitrogens with one attached hydrogen (secondary N) is 3. The summed E-state index contributed by atoms with van der Waals surface area (Å²) in [4.78, 5) is 40.2. The molecule has 0 radical (unpaired) electrons. The van der Waals surface area contributed by atoms with Gasteiger partial charge in [0.15, 0.2) is 0 Å². The fourth-order valence-corrected chi connectivity index (χ4v) is 4.71. The third-order valence-electron chi connectivity index (χ3n) is 5.67. The van der Waals surface area contributed by atoms with E-state index in [-0.39, 0.29) is 23.9 Å². The molecule has 2 saturated heterocycles. The van der Waals surface area contributed by atoms with Gasteiger partial charge in [-0.1, -0.05) is 0 Å². The number of carbonyl (C=O) groups excluding carboxylic acids is 3. The second-order valence-electron chi connectivity index (χ2n) is 7.65. The van der Waals surface area contributed by atoms with E-state index in [4.69, 9.17) is 4.74 Å². The molecule has 0 atom stereocenters. The van der Waals surface area contributed by atoms with Crippen molar-refractivity contribution in [2.45, 2.75) is 51.1 Å². The Bertz CT molecular complexity index is 737. The van der Waals surface area contributed by atoms with E-state index < -0.39 is 5.54 Å². The first-order valence-electron chi connectivity index (χ1n) is 10.2. The highest BCUT2D eigenvalue weighted by molar-refractivity contribution is 7.12. The first-order valence-corrected chi connectivity index (χ1v) is 11.1. The van der Waals surface area contributed by atoms with Gasteiger partial charge in [0.2, 0.25) is 5.91 Å². The van der Waals surface area contributed by atoms with Crippen molar-refractivity contribution in [1.82, 2.24) is 20.9 Å². The summed E-state index contributed by atoms with van der Waals surface area (Å²) in [7, 11) is 0. The molecule has 0 aromatic carbocycles. The Hall–Kier alpha value is -2.13. The van der Waals surface area contributed by atoms with Crippen LogP contribution >= 0.6 is 11.3 Å². The maximum atomic E-state index is 13.2. The first-order chi connectivity index (χ1) is 13.9. The summed E-state index contributed by atoms with van der Waals surface area (Å²) in [5.74, 6) is -0.317. The fraction of sp³-hybridized carbons (Fsp3) is 0.650. The monoisotopic (exact) mass is 422 g/mol. The van der Waals surface area contributed by atoms with Crippen molar-refractivity contribution >= 4 is 29.2 Å². The molecule has 0 spiro atoms.